The van der Waals surface area contributed by atoms with E-state index in [9.17, 15) is 20.5 Å². The Labute approximate surface area is 123 Å². The van der Waals surface area contributed by atoms with Crippen LogP contribution in [-0.2, 0) is 0 Å². The van der Waals surface area contributed by atoms with E-state index in [1.807, 2.05) is 6.07 Å². The molecule has 0 saturated heterocycles. The maximum atomic E-state index is 10.6. The quantitative estimate of drug-likeness (QED) is 0.331. The van der Waals surface area contributed by atoms with E-state index in [4.69, 9.17) is 4.42 Å². The lowest BCUT2D eigenvalue weighted by atomic mass is 10.2. The first-order chi connectivity index (χ1) is 10.6. The standard InChI is InChI=1S/C14H8N4O4/c15-7-8(13(19)11-5-6-12(22-11)18(20)21)14-16-9-3-1-2-4-10(9)17-14/h1-6,19H,(H,16,17)/b13-8-. The molecule has 3 rings (SSSR count). The van der Waals surface area contributed by atoms with Gasteiger partial charge in [0.25, 0.3) is 0 Å². The lowest BCUT2D eigenvalue weighted by Crippen LogP contribution is -1.91. The largest absolute Gasteiger partial charge is 0.503 e. The summed E-state index contributed by atoms with van der Waals surface area (Å²) in [5.74, 6) is -1.07. The molecular weight excluding hydrogens is 288 g/mol. The summed E-state index contributed by atoms with van der Waals surface area (Å²) in [5.41, 5.74) is 1.16. The number of benzene rings is 1. The second kappa shape index (κ2) is 5.06. The third-order valence-corrected chi connectivity index (χ3v) is 2.98. The predicted molar refractivity (Wildman–Crippen MR) is 76.5 cm³/mol. The average molecular weight is 296 g/mol. The molecule has 1 aromatic carbocycles. The molecule has 0 bridgehead atoms. The molecule has 22 heavy (non-hydrogen) atoms. The summed E-state index contributed by atoms with van der Waals surface area (Å²) in [4.78, 5) is 17.0. The van der Waals surface area contributed by atoms with Crippen LogP contribution in [0.25, 0.3) is 22.4 Å². The van der Waals surface area contributed by atoms with Crippen molar-refractivity contribution in [2.45, 2.75) is 0 Å². The summed E-state index contributed by atoms with van der Waals surface area (Å²) in [5, 5.41) is 30.0. The van der Waals surface area contributed by atoms with E-state index in [-0.39, 0.29) is 17.2 Å². The van der Waals surface area contributed by atoms with Gasteiger partial charge in [0.1, 0.15) is 16.6 Å². The minimum Gasteiger partial charge on any atom is -0.503 e. The van der Waals surface area contributed by atoms with Gasteiger partial charge in [0.2, 0.25) is 0 Å². The van der Waals surface area contributed by atoms with Crippen LogP contribution in [0, 0.1) is 21.4 Å². The van der Waals surface area contributed by atoms with Crippen molar-refractivity contribution in [1.29, 1.82) is 5.26 Å². The fraction of sp³-hybridized carbons (Fsp3) is 0. The van der Waals surface area contributed by atoms with Gasteiger partial charge in [0.05, 0.1) is 17.1 Å². The third-order valence-electron chi connectivity index (χ3n) is 2.98. The molecule has 8 nitrogen and oxygen atoms in total. The Hall–Kier alpha value is -3.60. The van der Waals surface area contributed by atoms with Crippen LogP contribution in [0.2, 0.25) is 0 Å². The number of fused-ring (bicyclic) bond motifs is 1. The number of aliphatic hydroxyl groups is 1. The summed E-state index contributed by atoms with van der Waals surface area (Å²) < 4.78 is 4.89. The SMILES string of the molecule is N#C/C(=C(/O)c1ccc([N+](=O)[O-])o1)c1nc2ccccc2[nH]1. The number of nitrogens with zero attached hydrogens (tertiary/aromatic N) is 3. The highest BCUT2D eigenvalue weighted by molar-refractivity contribution is 5.93. The van der Waals surface area contributed by atoms with Crippen molar-refractivity contribution in [3.8, 4) is 6.07 Å². The molecule has 0 unspecified atom stereocenters. The molecule has 0 aliphatic rings. The second-order valence-corrected chi connectivity index (χ2v) is 4.33. The minimum absolute atomic E-state index is 0.153. The zero-order valence-corrected chi connectivity index (χ0v) is 11.0. The molecule has 2 heterocycles. The Kier molecular flexibility index (Phi) is 3.08. The summed E-state index contributed by atoms with van der Waals surface area (Å²) in [6.07, 6.45) is 0. The molecule has 0 spiro atoms. The number of aliphatic hydroxyl groups excluding tert-OH is 1. The lowest BCUT2D eigenvalue weighted by Gasteiger charge is -1.97. The van der Waals surface area contributed by atoms with Crippen molar-refractivity contribution in [3.63, 3.8) is 0 Å². The number of hydrogen-bond donors (Lipinski definition) is 2. The number of H-pyrrole nitrogens is 1. The van der Waals surface area contributed by atoms with Gasteiger partial charge in [-0.3, -0.25) is 10.1 Å². The number of nitrogens with one attached hydrogen (secondary N) is 1. The number of para-hydroxylation sites is 2. The summed E-state index contributed by atoms with van der Waals surface area (Å²) in [7, 11) is 0. The van der Waals surface area contributed by atoms with Gasteiger partial charge in [-0.15, -0.1) is 0 Å². The molecule has 0 aliphatic heterocycles. The van der Waals surface area contributed by atoms with E-state index < -0.39 is 16.6 Å². The first-order valence-electron chi connectivity index (χ1n) is 6.13. The van der Waals surface area contributed by atoms with Crippen LogP contribution >= 0.6 is 0 Å². The molecule has 2 N–H and O–H groups in total. The molecule has 0 aliphatic carbocycles. The van der Waals surface area contributed by atoms with Gasteiger partial charge in [0, 0.05) is 0 Å². The molecule has 8 heteroatoms. The van der Waals surface area contributed by atoms with Gasteiger partial charge < -0.3 is 14.5 Å². The van der Waals surface area contributed by atoms with Crippen LogP contribution in [0.4, 0.5) is 5.88 Å². The van der Waals surface area contributed by atoms with E-state index in [0.29, 0.717) is 11.0 Å². The summed E-state index contributed by atoms with van der Waals surface area (Å²) in [6, 6.07) is 11.2. The van der Waals surface area contributed by atoms with Crippen molar-refractivity contribution in [2.24, 2.45) is 0 Å². The number of hydrogen-bond acceptors (Lipinski definition) is 6. The zero-order valence-electron chi connectivity index (χ0n) is 11.0. The monoisotopic (exact) mass is 296 g/mol. The topological polar surface area (TPSA) is 129 Å². The van der Waals surface area contributed by atoms with Crippen LogP contribution in [0.1, 0.15) is 11.6 Å². The van der Waals surface area contributed by atoms with Crippen LogP contribution in [0.15, 0.2) is 40.8 Å². The van der Waals surface area contributed by atoms with Gasteiger partial charge in [0.15, 0.2) is 17.3 Å². The first-order valence-corrected chi connectivity index (χ1v) is 6.13. The highest BCUT2D eigenvalue weighted by Gasteiger charge is 2.20. The molecule has 0 atom stereocenters. The molecule has 0 fully saturated rings. The number of aromatic nitrogens is 2. The van der Waals surface area contributed by atoms with Gasteiger partial charge >= 0.3 is 5.88 Å². The molecule has 2 aromatic heterocycles. The second-order valence-electron chi connectivity index (χ2n) is 4.33. The van der Waals surface area contributed by atoms with E-state index >= 15 is 0 Å². The maximum absolute atomic E-state index is 10.6. The van der Waals surface area contributed by atoms with E-state index in [1.165, 1.54) is 6.07 Å². The van der Waals surface area contributed by atoms with Crippen LogP contribution in [0.3, 0.4) is 0 Å². The van der Waals surface area contributed by atoms with Gasteiger partial charge in [-0.2, -0.15) is 5.26 Å². The number of furan rings is 1. The molecule has 108 valence electrons. The van der Waals surface area contributed by atoms with Gasteiger partial charge in [-0.1, -0.05) is 12.1 Å². The van der Waals surface area contributed by atoms with Crippen molar-refractivity contribution in [3.05, 3.63) is 58.1 Å². The van der Waals surface area contributed by atoms with E-state index in [1.54, 1.807) is 24.3 Å². The summed E-state index contributed by atoms with van der Waals surface area (Å²) in [6.45, 7) is 0. The van der Waals surface area contributed by atoms with Gasteiger partial charge in [-0.25, -0.2) is 4.98 Å². The fourth-order valence-corrected chi connectivity index (χ4v) is 1.97. The normalized spacial score (nSPS) is 12.0. The molecular formula is C14H8N4O4. The highest BCUT2D eigenvalue weighted by Crippen LogP contribution is 2.27. The number of nitriles is 1. The third kappa shape index (κ3) is 2.16. The highest BCUT2D eigenvalue weighted by atomic mass is 16.6. The van der Waals surface area contributed by atoms with Crippen molar-refractivity contribution >= 4 is 28.2 Å². The number of nitro groups is 1. The zero-order chi connectivity index (χ0) is 15.7. The Bertz CT molecular complexity index is 912. The summed E-state index contributed by atoms with van der Waals surface area (Å²) >= 11 is 0. The van der Waals surface area contributed by atoms with Gasteiger partial charge in [-0.05, 0) is 18.2 Å². The number of imidazole rings is 1. The minimum atomic E-state index is -0.732. The Balaban J connectivity index is 2.11. The Morgan fingerprint density at radius 3 is 2.77 bits per heavy atom. The van der Waals surface area contributed by atoms with Crippen LogP contribution in [0.5, 0.6) is 0 Å². The Morgan fingerprint density at radius 1 is 1.36 bits per heavy atom. The maximum Gasteiger partial charge on any atom is 0.433 e. The number of rotatable bonds is 3. The lowest BCUT2D eigenvalue weighted by molar-refractivity contribution is -0.402. The predicted octanol–water partition coefficient (Wildman–Crippen LogP) is 3.01. The average Bonchev–Trinajstić information content (AvgIpc) is 3.14. The first kappa shape index (κ1) is 13.4. The molecule has 0 amide bonds. The van der Waals surface area contributed by atoms with E-state index in [2.05, 4.69) is 9.97 Å². The molecule has 0 radical (unpaired) electrons. The van der Waals surface area contributed by atoms with Crippen LogP contribution in [-0.4, -0.2) is 20.0 Å². The number of allylic oxidation sites excluding steroid dienone is 1. The van der Waals surface area contributed by atoms with E-state index in [0.717, 1.165) is 6.07 Å². The van der Waals surface area contributed by atoms with Crippen molar-refractivity contribution < 1.29 is 14.4 Å². The Morgan fingerprint density at radius 2 is 2.14 bits per heavy atom. The van der Waals surface area contributed by atoms with Crippen LogP contribution < -0.4 is 0 Å². The van der Waals surface area contributed by atoms with Crippen molar-refractivity contribution in [2.75, 3.05) is 0 Å². The smallest absolute Gasteiger partial charge is 0.433 e. The molecule has 3 aromatic rings. The molecule has 0 saturated carbocycles. The fourth-order valence-electron chi connectivity index (χ4n) is 1.97. The van der Waals surface area contributed by atoms with Crippen molar-refractivity contribution in [1.82, 2.24) is 9.97 Å². The number of aromatic amines is 1.